The summed E-state index contributed by atoms with van der Waals surface area (Å²) < 4.78 is 13.4. The average molecular weight is 619 g/mol. The van der Waals surface area contributed by atoms with E-state index in [0.29, 0.717) is 50.0 Å². The maximum absolute atomic E-state index is 14.0. The Labute approximate surface area is 257 Å². The minimum atomic E-state index is -1.14. The van der Waals surface area contributed by atoms with E-state index in [4.69, 9.17) is 25.7 Å². The Bertz CT molecular complexity index is 1910. The number of rotatable bonds is 9. The van der Waals surface area contributed by atoms with Gasteiger partial charge in [-0.2, -0.15) is 0 Å². The molecule has 1 aliphatic heterocycles. The first-order valence-electron chi connectivity index (χ1n) is 14.1. The van der Waals surface area contributed by atoms with Crippen molar-refractivity contribution in [2.45, 2.75) is 52.5 Å². The van der Waals surface area contributed by atoms with Gasteiger partial charge in [-0.15, -0.1) is 0 Å². The molecular formula is C33H31ClN2O6S. The van der Waals surface area contributed by atoms with E-state index in [1.54, 1.807) is 35.8 Å². The van der Waals surface area contributed by atoms with Crippen molar-refractivity contribution in [3.05, 3.63) is 113 Å². The number of thiazole rings is 1. The zero-order valence-electron chi connectivity index (χ0n) is 24.2. The van der Waals surface area contributed by atoms with Gasteiger partial charge in [0, 0.05) is 11.6 Å². The van der Waals surface area contributed by atoms with Crippen LogP contribution in [0.25, 0.3) is 17.4 Å². The maximum atomic E-state index is 14.0. The van der Waals surface area contributed by atoms with Crippen molar-refractivity contribution in [1.29, 1.82) is 0 Å². The Balaban J connectivity index is 1.64. The van der Waals surface area contributed by atoms with Gasteiger partial charge in [0.25, 0.3) is 5.56 Å². The summed E-state index contributed by atoms with van der Waals surface area (Å²) >= 11 is 7.24. The molecule has 3 heterocycles. The van der Waals surface area contributed by atoms with Crippen molar-refractivity contribution < 1.29 is 23.8 Å². The zero-order valence-corrected chi connectivity index (χ0v) is 25.8. The van der Waals surface area contributed by atoms with Crippen LogP contribution < -0.4 is 14.9 Å². The van der Waals surface area contributed by atoms with E-state index >= 15 is 0 Å². The number of nitrogens with zero attached hydrogens (tertiary/aromatic N) is 2. The van der Waals surface area contributed by atoms with Gasteiger partial charge in [0.05, 0.1) is 39.0 Å². The van der Waals surface area contributed by atoms with E-state index < -0.39 is 18.0 Å². The number of halogens is 1. The predicted octanol–water partition coefficient (Wildman–Crippen LogP) is 6.31. The van der Waals surface area contributed by atoms with Crippen LogP contribution in [0.1, 0.15) is 79.7 Å². The van der Waals surface area contributed by atoms with Crippen LogP contribution in [0.3, 0.4) is 0 Å². The SMILES string of the molecule is CCCC1=C(C(=O)OCC)[C@@H](c2ccc(C(C)C)cc2)n2c(s/c(=C\c3ccc(-c4ccc(Cl)c(C(=O)O)c4)o3)c2=O)=N1. The molecule has 0 amide bonds. The molecule has 0 unspecified atom stereocenters. The van der Waals surface area contributed by atoms with E-state index in [0.717, 1.165) is 17.5 Å². The lowest BCUT2D eigenvalue weighted by Crippen LogP contribution is -2.40. The molecule has 2 aromatic heterocycles. The summed E-state index contributed by atoms with van der Waals surface area (Å²) in [6.07, 6.45) is 2.95. The Morgan fingerprint density at radius 3 is 2.53 bits per heavy atom. The number of carbonyl (C=O) groups excluding carboxylic acids is 1. The molecular weight excluding hydrogens is 588 g/mol. The monoisotopic (exact) mass is 618 g/mol. The number of carboxylic acids is 1. The Morgan fingerprint density at radius 2 is 1.88 bits per heavy atom. The molecule has 43 heavy (non-hydrogen) atoms. The average Bonchev–Trinajstić information content (AvgIpc) is 3.57. The highest BCUT2D eigenvalue weighted by molar-refractivity contribution is 7.07. The van der Waals surface area contributed by atoms with Gasteiger partial charge in [-0.05, 0) is 60.7 Å². The Hall–Kier alpha value is -4.21. The van der Waals surface area contributed by atoms with Crippen molar-refractivity contribution in [2.24, 2.45) is 4.99 Å². The Morgan fingerprint density at radius 1 is 1.14 bits per heavy atom. The van der Waals surface area contributed by atoms with Gasteiger partial charge in [-0.3, -0.25) is 9.36 Å². The molecule has 2 aromatic carbocycles. The molecule has 8 nitrogen and oxygen atoms in total. The van der Waals surface area contributed by atoms with E-state index in [2.05, 4.69) is 13.8 Å². The van der Waals surface area contributed by atoms with E-state index in [1.165, 1.54) is 23.5 Å². The second-order valence-corrected chi connectivity index (χ2v) is 11.9. The van der Waals surface area contributed by atoms with Crippen molar-refractivity contribution in [2.75, 3.05) is 6.61 Å². The van der Waals surface area contributed by atoms with Gasteiger partial charge in [-0.1, -0.05) is 74.4 Å². The molecule has 4 aromatic rings. The molecule has 0 fully saturated rings. The second-order valence-electron chi connectivity index (χ2n) is 10.4. The first-order chi connectivity index (χ1) is 20.6. The van der Waals surface area contributed by atoms with Gasteiger partial charge in [0.15, 0.2) is 4.80 Å². The molecule has 0 radical (unpaired) electrons. The first-order valence-corrected chi connectivity index (χ1v) is 15.3. The number of ether oxygens (including phenoxy) is 1. The van der Waals surface area contributed by atoms with Gasteiger partial charge < -0.3 is 14.3 Å². The normalized spacial score (nSPS) is 15.0. The number of aromatic carboxylic acids is 1. The highest BCUT2D eigenvalue weighted by Gasteiger charge is 2.34. The quantitative estimate of drug-likeness (QED) is 0.220. The third-order valence-electron chi connectivity index (χ3n) is 7.19. The third-order valence-corrected chi connectivity index (χ3v) is 8.51. The number of fused-ring (bicyclic) bond motifs is 1. The molecule has 0 saturated carbocycles. The van der Waals surface area contributed by atoms with Crippen LogP contribution in [0.15, 0.2) is 80.1 Å². The van der Waals surface area contributed by atoms with Crippen molar-refractivity contribution >= 4 is 41.0 Å². The van der Waals surface area contributed by atoms with Gasteiger partial charge >= 0.3 is 11.9 Å². The highest BCUT2D eigenvalue weighted by Crippen LogP contribution is 2.33. The summed E-state index contributed by atoms with van der Waals surface area (Å²) in [5.74, 6) is -0.466. The molecule has 5 rings (SSSR count). The fraction of sp³-hybridized carbons (Fsp3) is 0.273. The van der Waals surface area contributed by atoms with Crippen molar-refractivity contribution in [3.63, 3.8) is 0 Å². The predicted molar refractivity (Wildman–Crippen MR) is 166 cm³/mol. The fourth-order valence-corrected chi connectivity index (χ4v) is 6.26. The van der Waals surface area contributed by atoms with E-state index in [1.807, 2.05) is 31.2 Å². The molecule has 0 saturated heterocycles. The second kappa shape index (κ2) is 12.6. The summed E-state index contributed by atoms with van der Waals surface area (Å²) in [5.41, 5.74) is 3.12. The molecule has 0 bridgehead atoms. The lowest BCUT2D eigenvalue weighted by atomic mass is 9.92. The maximum Gasteiger partial charge on any atom is 0.338 e. The number of carboxylic acid groups (broad SMARTS) is 1. The molecule has 1 atom stereocenters. The zero-order chi connectivity index (χ0) is 30.8. The summed E-state index contributed by atoms with van der Waals surface area (Å²) in [4.78, 5) is 44.2. The standard InChI is InChI=1S/C33H31ClN2O6S/c1-5-7-25-28(32(40)41-6-2)29(20-10-8-19(9-11-20)18(3)4)36-30(37)27(43-33(36)35-25)17-22-13-15-26(42-22)21-12-14-24(34)23(16-21)31(38)39/h8-18,29H,5-7H2,1-4H3,(H,38,39)/b27-17-/t29-/m1/s1. The number of hydrogen-bond acceptors (Lipinski definition) is 7. The third kappa shape index (κ3) is 6.00. The number of benzene rings is 2. The van der Waals surface area contributed by atoms with Gasteiger partial charge in [-0.25, -0.2) is 14.6 Å². The van der Waals surface area contributed by atoms with Crippen LogP contribution in [-0.2, 0) is 9.53 Å². The number of furan rings is 1. The van der Waals surface area contributed by atoms with Crippen LogP contribution in [0.4, 0.5) is 0 Å². The number of esters is 1. The van der Waals surface area contributed by atoms with E-state index in [9.17, 15) is 19.5 Å². The van der Waals surface area contributed by atoms with Crippen LogP contribution in [0, 0.1) is 0 Å². The van der Waals surface area contributed by atoms with Crippen LogP contribution >= 0.6 is 22.9 Å². The number of carbonyl (C=O) groups is 2. The number of hydrogen-bond donors (Lipinski definition) is 1. The van der Waals surface area contributed by atoms with E-state index in [-0.39, 0.29) is 22.8 Å². The number of allylic oxidation sites excluding steroid dienone is 1. The van der Waals surface area contributed by atoms with Gasteiger partial charge in [0.1, 0.15) is 11.5 Å². The minimum absolute atomic E-state index is 0.0351. The van der Waals surface area contributed by atoms with Crippen LogP contribution in [0.2, 0.25) is 5.02 Å². The molecule has 222 valence electrons. The highest BCUT2D eigenvalue weighted by atomic mass is 35.5. The number of aromatic nitrogens is 1. The first kappa shape index (κ1) is 30.3. The van der Waals surface area contributed by atoms with Crippen molar-refractivity contribution in [1.82, 2.24) is 4.57 Å². The smallest absolute Gasteiger partial charge is 0.338 e. The largest absolute Gasteiger partial charge is 0.478 e. The summed E-state index contributed by atoms with van der Waals surface area (Å²) in [6.45, 7) is 8.19. The lowest BCUT2D eigenvalue weighted by Gasteiger charge is -2.26. The van der Waals surface area contributed by atoms with Crippen molar-refractivity contribution in [3.8, 4) is 11.3 Å². The molecule has 1 N–H and O–H groups in total. The van der Waals surface area contributed by atoms with Crippen LogP contribution in [0.5, 0.6) is 0 Å². The topological polar surface area (TPSA) is 111 Å². The molecule has 0 spiro atoms. The molecule has 0 aliphatic carbocycles. The van der Waals surface area contributed by atoms with Gasteiger partial charge in [0.2, 0.25) is 0 Å². The lowest BCUT2D eigenvalue weighted by molar-refractivity contribution is -0.139. The van der Waals surface area contributed by atoms with Crippen LogP contribution in [-0.4, -0.2) is 28.2 Å². The fourth-order valence-electron chi connectivity index (χ4n) is 5.06. The summed E-state index contributed by atoms with van der Waals surface area (Å²) in [7, 11) is 0. The molecule has 10 heteroatoms. The summed E-state index contributed by atoms with van der Waals surface area (Å²) in [5, 5.41) is 9.55. The Kier molecular flexibility index (Phi) is 8.84. The summed E-state index contributed by atoms with van der Waals surface area (Å²) in [6, 6.07) is 15.3. The minimum Gasteiger partial charge on any atom is -0.478 e. The molecule has 1 aliphatic rings.